The van der Waals surface area contributed by atoms with Crippen molar-refractivity contribution in [1.29, 1.82) is 0 Å². The van der Waals surface area contributed by atoms with Gasteiger partial charge in [0.15, 0.2) is 0 Å². The van der Waals surface area contributed by atoms with E-state index in [1.54, 1.807) is 0 Å². The van der Waals surface area contributed by atoms with E-state index in [1.165, 1.54) is 38.5 Å². The van der Waals surface area contributed by atoms with Gasteiger partial charge in [-0.3, -0.25) is 9.69 Å². The minimum Gasteiger partial charge on any atom is -0.354 e. The summed E-state index contributed by atoms with van der Waals surface area (Å²) >= 11 is 0. The molecule has 3 heterocycles. The quantitative estimate of drug-likeness (QED) is 0.437. The van der Waals surface area contributed by atoms with E-state index in [9.17, 15) is 4.79 Å². The second-order valence-electron chi connectivity index (χ2n) is 8.03. The van der Waals surface area contributed by atoms with Gasteiger partial charge in [0.1, 0.15) is 6.17 Å². The minimum atomic E-state index is -0.144. The fourth-order valence-electron chi connectivity index (χ4n) is 5.20. The third kappa shape index (κ3) is 1.96. The Morgan fingerprint density at radius 1 is 0.966 bits per heavy atom. The van der Waals surface area contributed by atoms with Gasteiger partial charge in [-0.25, -0.2) is 0 Å². The Morgan fingerprint density at radius 3 is 2.59 bits per heavy atom. The largest absolute Gasteiger partial charge is 0.354 e. The van der Waals surface area contributed by atoms with Crippen LogP contribution in [0.25, 0.3) is 27.9 Å². The third-order valence-corrected chi connectivity index (χ3v) is 6.59. The standard InChI is InChI=1S/C25H21N3O/c1-14-16-12-13-28-24(27(3)20-11-7-5-9-18(20)25(28)29)22(16)15(2)21-17-8-4-6-10-19(17)26-23(14)21/h4-13,24,26H,1-3H3. The first-order chi connectivity index (χ1) is 14.1. The van der Waals surface area contributed by atoms with E-state index in [1.807, 2.05) is 35.4 Å². The summed E-state index contributed by atoms with van der Waals surface area (Å²) in [6.07, 6.45) is 3.90. The molecule has 2 aliphatic rings. The number of aromatic nitrogens is 1. The van der Waals surface area contributed by atoms with Crippen molar-refractivity contribution < 1.29 is 4.79 Å². The number of carbonyl (C=O) groups excluding carboxylic acids is 1. The van der Waals surface area contributed by atoms with Gasteiger partial charge in [0.2, 0.25) is 0 Å². The maximum Gasteiger partial charge on any atom is 0.261 e. The zero-order valence-electron chi connectivity index (χ0n) is 16.7. The molecule has 1 amide bonds. The van der Waals surface area contributed by atoms with Crippen LogP contribution >= 0.6 is 0 Å². The molecule has 6 rings (SSSR count). The molecule has 1 unspecified atom stereocenters. The normalized spacial score (nSPS) is 17.6. The van der Waals surface area contributed by atoms with Crippen molar-refractivity contribution in [1.82, 2.24) is 9.88 Å². The average molecular weight is 379 g/mol. The summed E-state index contributed by atoms with van der Waals surface area (Å²) in [5.74, 6) is 0.0571. The summed E-state index contributed by atoms with van der Waals surface area (Å²) in [7, 11) is 2.08. The van der Waals surface area contributed by atoms with Crippen LogP contribution in [-0.2, 0) is 0 Å². The van der Waals surface area contributed by atoms with Gasteiger partial charge in [0, 0.05) is 35.1 Å². The van der Waals surface area contributed by atoms with E-state index < -0.39 is 0 Å². The summed E-state index contributed by atoms with van der Waals surface area (Å²) in [6.45, 7) is 4.37. The number of nitrogens with zero attached hydrogens (tertiary/aromatic N) is 2. The highest BCUT2D eigenvalue weighted by Gasteiger charge is 2.40. The second-order valence-corrected chi connectivity index (χ2v) is 8.03. The number of anilines is 1. The molecular formula is C25H21N3O. The van der Waals surface area contributed by atoms with Crippen molar-refractivity contribution in [3.63, 3.8) is 0 Å². The number of aromatic amines is 1. The lowest BCUT2D eigenvalue weighted by atomic mass is 9.87. The highest BCUT2D eigenvalue weighted by atomic mass is 16.2. The maximum atomic E-state index is 13.3. The molecule has 0 spiro atoms. The summed E-state index contributed by atoms with van der Waals surface area (Å²) in [5, 5.41) is 2.49. The highest BCUT2D eigenvalue weighted by molar-refractivity contribution is 6.12. The molecule has 1 atom stereocenters. The summed E-state index contributed by atoms with van der Waals surface area (Å²) in [4.78, 5) is 21.0. The predicted molar refractivity (Wildman–Crippen MR) is 118 cm³/mol. The molecule has 4 nitrogen and oxygen atoms in total. The Hall–Kier alpha value is -3.53. The third-order valence-electron chi connectivity index (χ3n) is 6.59. The van der Waals surface area contributed by atoms with Crippen LogP contribution in [0.5, 0.6) is 0 Å². The molecule has 0 saturated heterocycles. The van der Waals surface area contributed by atoms with E-state index in [0.29, 0.717) is 0 Å². The Labute approximate surface area is 169 Å². The number of carbonyl (C=O) groups is 1. The molecule has 0 radical (unpaired) electrons. The monoisotopic (exact) mass is 379 g/mol. The van der Waals surface area contributed by atoms with Crippen LogP contribution in [0.4, 0.5) is 5.69 Å². The number of aryl methyl sites for hydroxylation is 2. The van der Waals surface area contributed by atoms with Gasteiger partial charge in [-0.2, -0.15) is 0 Å². The number of hydrogen-bond acceptors (Lipinski definition) is 2. The topological polar surface area (TPSA) is 39.3 Å². The Balaban J connectivity index is 1.71. The molecule has 142 valence electrons. The van der Waals surface area contributed by atoms with E-state index >= 15 is 0 Å². The van der Waals surface area contributed by atoms with Crippen molar-refractivity contribution in [2.75, 3.05) is 11.9 Å². The fourth-order valence-corrected chi connectivity index (χ4v) is 5.20. The molecule has 1 N–H and O–H groups in total. The molecule has 0 fully saturated rings. The Kier molecular flexibility index (Phi) is 3.12. The van der Waals surface area contributed by atoms with Crippen LogP contribution in [0, 0.1) is 13.8 Å². The second kappa shape index (κ2) is 5.51. The molecule has 4 aromatic rings. The zero-order chi connectivity index (χ0) is 19.9. The lowest BCUT2D eigenvalue weighted by Gasteiger charge is -2.45. The predicted octanol–water partition coefficient (Wildman–Crippen LogP) is 5.51. The zero-order valence-corrected chi connectivity index (χ0v) is 16.7. The van der Waals surface area contributed by atoms with Crippen molar-refractivity contribution in [2.24, 2.45) is 0 Å². The van der Waals surface area contributed by atoms with Gasteiger partial charge in [0.05, 0.1) is 16.8 Å². The van der Waals surface area contributed by atoms with Crippen LogP contribution in [0.2, 0.25) is 0 Å². The Bertz CT molecular complexity index is 1380. The smallest absolute Gasteiger partial charge is 0.261 e. The number of hydrogen-bond donors (Lipinski definition) is 1. The molecular weight excluding hydrogens is 358 g/mol. The van der Waals surface area contributed by atoms with Gasteiger partial charge in [-0.1, -0.05) is 30.3 Å². The van der Waals surface area contributed by atoms with Crippen molar-refractivity contribution in [3.05, 3.63) is 82.5 Å². The number of para-hydroxylation sites is 2. The first-order valence-electron chi connectivity index (χ1n) is 9.94. The molecule has 2 aliphatic heterocycles. The minimum absolute atomic E-state index is 0.0571. The number of rotatable bonds is 0. The van der Waals surface area contributed by atoms with Gasteiger partial charge in [-0.15, -0.1) is 0 Å². The Morgan fingerprint density at radius 2 is 1.72 bits per heavy atom. The van der Waals surface area contributed by atoms with Crippen LogP contribution < -0.4 is 4.90 Å². The van der Waals surface area contributed by atoms with Gasteiger partial charge >= 0.3 is 0 Å². The van der Waals surface area contributed by atoms with Crippen LogP contribution in [0.3, 0.4) is 0 Å². The number of H-pyrrole nitrogens is 1. The molecule has 4 heteroatoms. The van der Waals surface area contributed by atoms with E-state index in [2.05, 4.69) is 61.1 Å². The van der Waals surface area contributed by atoms with Crippen molar-refractivity contribution >= 4 is 39.5 Å². The first-order valence-corrected chi connectivity index (χ1v) is 9.94. The van der Waals surface area contributed by atoms with E-state index in [-0.39, 0.29) is 12.1 Å². The molecule has 1 aromatic heterocycles. The van der Waals surface area contributed by atoms with Crippen LogP contribution in [0.1, 0.15) is 38.8 Å². The molecule has 0 saturated carbocycles. The summed E-state index contributed by atoms with van der Waals surface area (Å²) in [6, 6.07) is 16.3. The lowest BCUT2D eigenvalue weighted by molar-refractivity contribution is 0.0748. The highest BCUT2D eigenvalue weighted by Crippen LogP contribution is 2.46. The number of amides is 1. The fraction of sp³-hybridized carbons (Fsp3) is 0.160. The van der Waals surface area contributed by atoms with Crippen molar-refractivity contribution in [2.45, 2.75) is 20.0 Å². The summed E-state index contributed by atoms with van der Waals surface area (Å²) < 4.78 is 0. The molecule has 0 aliphatic carbocycles. The van der Waals surface area contributed by atoms with Gasteiger partial charge in [-0.05, 0) is 54.8 Å². The van der Waals surface area contributed by atoms with Crippen LogP contribution in [0.15, 0.2) is 54.7 Å². The molecule has 0 bridgehead atoms. The SMILES string of the molecule is Cc1c2c(c(C)c3c1[nH]c1ccccc13)C1N(C=C2)C(=O)c2ccccc2N1C. The van der Waals surface area contributed by atoms with Crippen molar-refractivity contribution in [3.8, 4) is 0 Å². The first kappa shape index (κ1) is 16.4. The van der Waals surface area contributed by atoms with Gasteiger partial charge in [0.25, 0.3) is 5.91 Å². The van der Waals surface area contributed by atoms with E-state index in [0.717, 1.165) is 16.8 Å². The summed E-state index contributed by atoms with van der Waals surface area (Å²) in [5.41, 5.74) is 8.96. The molecule has 3 aromatic carbocycles. The number of benzene rings is 3. The number of nitrogens with one attached hydrogen (secondary N) is 1. The average Bonchev–Trinajstić information content (AvgIpc) is 3.15. The maximum absolute atomic E-state index is 13.3. The van der Waals surface area contributed by atoms with Crippen LogP contribution in [-0.4, -0.2) is 22.8 Å². The van der Waals surface area contributed by atoms with Gasteiger partial charge < -0.3 is 9.88 Å². The number of fused-ring (bicyclic) bond motifs is 7. The molecule has 29 heavy (non-hydrogen) atoms. The van der Waals surface area contributed by atoms with E-state index in [4.69, 9.17) is 0 Å². The lowest BCUT2D eigenvalue weighted by Crippen LogP contribution is -2.46.